The highest BCUT2D eigenvalue weighted by atomic mass is 16.7. The van der Waals surface area contributed by atoms with Crippen LogP contribution in [0.5, 0.6) is 0 Å². The van der Waals surface area contributed by atoms with Crippen LogP contribution < -0.4 is 0 Å². The molecule has 1 saturated carbocycles. The second-order valence-corrected chi connectivity index (χ2v) is 4.11. The third-order valence-electron chi connectivity index (χ3n) is 3.19. The maximum atomic E-state index is 11.4. The van der Waals surface area contributed by atoms with E-state index >= 15 is 0 Å². The van der Waals surface area contributed by atoms with Crippen molar-refractivity contribution in [1.82, 2.24) is 0 Å². The first-order valence-electron chi connectivity index (χ1n) is 5.70. The Bertz CT molecular complexity index is 227. The van der Waals surface area contributed by atoms with Gasteiger partial charge in [-0.3, -0.25) is 4.79 Å². The first-order chi connectivity index (χ1) is 7.27. The van der Waals surface area contributed by atoms with Gasteiger partial charge < -0.3 is 14.2 Å². The molecule has 0 amide bonds. The lowest BCUT2D eigenvalue weighted by molar-refractivity contribution is -0.188. The zero-order valence-corrected chi connectivity index (χ0v) is 9.16. The smallest absolute Gasteiger partial charge is 0.306 e. The number of hydrogen-bond donors (Lipinski definition) is 0. The van der Waals surface area contributed by atoms with Gasteiger partial charge in [0, 0.05) is 12.3 Å². The molecule has 0 unspecified atom stereocenters. The number of carbonyl (C=O) groups excluding carboxylic acids is 1. The van der Waals surface area contributed by atoms with Crippen LogP contribution in [0.3, 0.4) is 0 Å². The van der Waals surface area contributed by atoms with Crippen molar-refractivity contribution in [2.45, 2.75) is 38.4 Å². The van der Waals surface area contributed by atoms with Gasteiger partial charge in [0.15, 0.2) is 5.79 Å². The predicted molar refractivity (Wildman–Crippen MR) is 53.2 cm³/mol. The van der Waals surface area contributed by atoms with Gasteiger partial charge in [0.1, 0.15) is 0 Å². The summed E-state index contributed by atoms with van der Waals surface area (Å²) < 4.78 is 16.3. The van der Waals surface area contributed by atoms with Crippen LogP contribution in [-0.4, -0.2) is 31.6 Å². The Kier molecular flexibility index (Phi) is 3.26. The van der Waals surface area contributed by atoms with Gasteiger partial charge in [-0.2, -0.15) is 0 Å². The molecule has 1 atom stereocenters. The third-order valence-corrected chi connectivity index (χ3v) is 3.19. The molecule has 0 aromatic rings. The Hall–Kier alpha value is -0.610. The van der Waals surface area contributed by atoms with Gasteiger partial charge in [0.05, 0.1) is 26.2 Å². The van der Waals surface area contributed by atoms with Crippen LogP contribution in [0.4, 0.5) is 0 Å². The molecule has 0 N–H and O–H groups in total. The van der Waals surface area contributed by atoms with Gasteiger partial charge in [-0.05, 0) is 19.8 Å². The molecule has 1 aliphatic heterocycles. The lowest BCUT2D eigenvalue weighted by Gasteiger charge is -2.28. The van der Waals surface area contributed by atoms with Crippen molar-refractivity contribution >= 4 is 5.97 Å². The zero-order chi connectivity index (χ0) is 10.7. The second kappa shape index (κ2) is 4.49. The van der Waals surface area contributed by atoms with Gasteiger partial charge in [0.2, 0.25) is 0 Å². The van der Waals surface area contributed by atoms with Gasteiger partial charge in [-0.25, -0.2) is 0 Å². The molecule has 1 heterocycles. The molecule has 2 aliphatic rings. The van der Waals surface area contributed by atoms with Crippen molar-refractivity contribution in [3.8, 4) is 0 Å². The van der Waals surface area contributed by atoms with E-state index in [2.05, 4.69) is 0 Å². The highest BCUT2D eigenvalue weighted by Gasteiger charge is 2.48. The Labute approximate surface area is 89.9 Å². The average molecular weight is 214 g/mol. The second-order valence-electron chi connectivity index (χ2n) is 4.11. The number of rotatable bonds is 3. The van der Waals surface area contributed by atoms with Crippen LogP contribution in [0.1, 0.15) is 32.6 Å². The fourth-order valence-corrected chi connectivity index (χ4v) is 2.55. The summed E-state index contributed by atoms with van der Waals surface area (Å²) in [5, 5.41) is 0. The fourth-order valence-electron chi connectivity index (χ4n) is 2.55. The quantitative estimate of drug-likeness (QED) is 0.667. The summed E-state index contributed by atoms with van der Waals surface area (Å²) in [7, 11) is 0. The molecular formula is C11H18O4. The largest absolute Gasteiger partial charge is 0.466 e. The van der Waals surface area contributed by atoms with Crippen LogP contribution in [0.25, 0.3) is 0 Å². The predicted octanol–water partition coefficient (Wildman–Crippen LogP) is 1.48. The van der Waals surface area contributed by atoms with Crippen molar-refractivity contribution in [1.29, 1.82) is 0 Å². The van der Waals surface area contributed by atoms with Crippen LogP contribution in [0.2, 0.25) is 0 Å². The van der Waals surface area contributed by atoms with Gasteiger partial charge in [-0.1, -0.05) is 0 Å². The fraction of sp³-hybridized carbons (Fsp3) is 0.909. The van der Waals surface area contributed by atoms with Crippen LogP contribution in [0, 0.1) is 5.92 Å². The SMILES string of the molecule is CCOC(=O)C[C@H]1CCCC12OCCO2. The molecule has 2 rings (SSSR count). The lowest BCUT2D eigenvalue weighted by Crippen LogP contribution is -2.35. The Morgan fingerprint density at radius 2 is 2.20 bits per heavy atom. The van der Waals surface area contributed by atoms with E-state index in [1.165, 1.54) is 0 Å². The van der Waals surface area contributed by atoms with Gasteiger partial charge in [0.25, 0.3) is 0 Å². The standard InChI is InChI=1S/C11H18O4/c1-2-13-10(12)8-9-4-3-5-11(9)14-6-7-15-11/h9H,2-8H2,1H3/t9-/m1/s1. The minimum atomic E-state index is -0.466. The molecule has 4 heteroatoms. The minimum absolute atomic E-state index is 0.136. The minimum Gasteiger partial charge on any atom is -0.466 e. The van der Waals surface area contributed by atoms with E-state index in [0.29, 0.717) is 26.2 Å². The summed E-state index contributed by atoms with van der Waals surface area (Å²) in [6.07, 6.45) is 3.41. The van der Waals surface area contributed by atoms with Crippen molar-refractivity contribution in [2.75, 3.05) is 19.8 Å². The van der Waals surface area contributed by atoms with Crippen LogP contribution in [0.15, 0.2) is 0 Å². The molecule has 0 aromatic carbocycles. The van der Waals surface area contributed by atoms with E-state index in [1.54, 1.807) is 0 Å². The normalized spacial score (nSPS) is 28.5. The monoisotopic (exact) mass is 214 g/mol. The molecule has 86 valence electrons. The van der Waals surface area contributed by atoms with E-state index in [-0.39, 0.29) is 11.9 Å². The van der Waals surface area contributed by atoms with Crippen molar-refractivity contribution in [3.05, 3.63) is 0 Å². The summed E-state index contributed by atoms with van der Waals surface area (Å²) in [6, 6.07) is 0. The van der Waals surface area contributed by atoms with E-state index in [4.69, 9.17) is 14.2 Å². The van der Waals surface area contributed by atoms with E-state index in [0.717, 1.165) is 19.3 Å². The molecule has 0 radical (unpaired) electrons. The van der Waals surface area contributed by atoms with Crippen molar-refractivity contribution in [3.63, 3.8) is 0 Å². The number of ether oxygens (including phenoxy) is 3. The van der Waals surface area contributed by atoms with E-state index in [9.17, 15) is 4.79 Å². The molecule has 4 nitrogen and oxygen atoms in total. The third kappa shape index (κ3) is 2.16. The zero-order valence-electron chi connectivity index (χ0n) is 9.16. The first kappa shape index (κ1) is 10.9. The topological polar surface area (TPSA) is 44.8 Å². The Balaban J connectivity index is 1.93. The number of hydrogen-bond acceptors (Lipinski definition) is 4. The van der Waals surface area contributed by atoms with E-state index in [1.807, 2.05) is 6.92 Å². The average Bonchev–Trinajstić information content (AvgIpc) is 2.80. The Morgan fingerprint density at radius 3 is 2.87 bits per heavy atom. The van der Waals surface area contributed by atoms with Crippen LogP contribution in [-0.2, 0) is 19.0 Å². The summed E-state index contributed by atoms with van der Waals surface area (Å²) in [5.74, 6) is -0.422. The van der Waals surface area contributed by atoms with Gasteiger partial charge in [-0.15, -0.1) is 0 Å². The maximum Gasteiger partial charge on any atom is 0.306 e. The molecular weight excluding hydrogens is 196 g/mol. The molecule has 2 fully saturated rings. The Morgan fingerprint density at radius 1 is 1.47 bits per heavy atom. The van der Waals surface area contributed by atoms with E-state index < -0.39 is 5.79 Å². The highest BCUT2D eigenvalue weighted by Crippen LogP contribution is 2.43. The summed E-state index contributed by atoms with van der Waals surface area (Å²) in [4.78, 5) is 11.4. The first-order valence-corrected chi connectivity index (χ1v) is 5.70. The number of carbonyl (C=O) groups is 1. The number of esters is 1. The maximum absolute atomic E-state index is 11.4. The highest BCUT2D eigenvalue weighted by molar-refractivity contribution is 5.69. The van der Waals surface area contributed by atoms with Crippen molar-refractivity contribution < 1.29 is 19.0 Å². The lowest BCUT2D eigenvalue weighted by atomic mass is 9.98. The molecule has 1 saturated heterocycles. The molecule has 0 aromatic heterocycles. The molecule has 1 aliphatic carbocycles. The van der Waals surface area contributed by atoms with Crippen LogP contribution >= 0.6 is 0 Å². The summed E-state index contributed by atoms with van der Waals surface area (Å²) >= 11 is 0. The summed E-state index contributed by atoms with van der Waals surface area (Å²) in [6.45, 7) is 3.57. The van der Waals surface area contributed by atoms with Gasteiger partial charge >= 0.3 is 5.97 Å². The summed E-state index contributed by atoms with van der Waals surface area (Å²) in [5.41, 5.74) is 0. The van der Waals surface area contributed by atoms with Crippen molar-refractivity contribution in [2.24, 2.45) is 5.92 Å². The molecule has 1 spiro atoms. The molecule has 0 bridgehead atoms. The molecule has 15 heavy (non-hydrogen) atoms.